The Balaban J connectivity index is 2.81. The highest BCUT2D eigenvalue weighted by atomic mass is 32.1. The van der Waals surface area contributed by atoms with Crippen molar-refractivity contribution in [1.82, 2.24) is 4.98 Å². The second kappa shape index (κ2) is 4.31. The van der Waals surface area contributed by atoms with Crippen molar-refractivity contribution in [2.24, 2.45) is 0 Å². The van der Waals surface area contributed by atoms with Crippen LogP contribution in [0.3, 0.4) is 0 Å². The molecule has 0 saturated heterocycles. The zero-order valence-electron chi connectivity index (χ0n) is 10.5. The first-order chi connectivity index (χ1) is 8.06. The van der Waals surface area contributed by atoms with Crippen LogP contribution in [0.1, 0.15) is 27.1 Å². The Labute approximate surface area is 106 Å². The molecule has 2 nitrogen and oxygen atoms in total. The van der Waals surface area contributed by atoms with Gasteiger partial charge in [0.15, 0.2) is 0 Å². The molecule has 2 aromatic rings. The van der Waals surface area contributed by atoms with Gasteiger partial charge in [-0.25, -0.2) is 4.98 Å². The van der Waals surface area contributed by atoms with Gasteiger partial charge >= 0.3 is 0 Å². The number of nitriles is 1. The molecule has 0 bridgehead atoms. The summed E-state index contributed by atoms with van der Waals surface area (Å²) >= 11 is 1.40. The molecule has 0 N–H and O–H groups in total. The van der Waals surface area contributed by atoms with Crippen LogP contribution in [0.2, 0.25) is 0 Å². The van der Waals surface area contributed by atoms with E-state index in [0.717, 1.165) is 11.3 Å². The van der Waals surface area contributed by atoms with E-state index in [4.69, 9.17) is 5.26 Å². The molecule has 0 aliphatic carbocycles. The second-order valence-corrected chi connectivity index (χ2v) is 5.13. The number of rotatable bonds is 1. The largest absolute Gasteiger partial charge is 0.243 e. The molecule has 1 heterocycles. The Hall–Kier alpha value is -1.66. The van der Waals surface area contributed by atoms with Crippen molar-refractivity contribution >= 4 is 11.3 Å². The van der Waals surface area contributed by atoms with Crippen LogP contribution in [-0.4, -0.2) is 4.98 Å². The SMILES string of the molecule is Cc1cc(C)c(C)c(-c2ncsc2C#N)c1C. The van der Waals surface area contributed by atoms with E-state index in [9.17, 15) is 0 Å². The Kier molecular flexibility index (Phi) is 2.99. The minimum absolute atomic E-state index is 0.696. The number of thiazole rings is 1. The maximum absolute atomic E-state index is 9.11. The van der Waals surface area contributed by atoms with Crippen LogP contribution >= 0.6 is 11.3 Å². The fourth-order valence-corrected chi connectivity index (χ4v) is 2.66. The zero-order valence-corrected chi connectivity index (χ0v) is 11.3. The van der Waals surface area contributed by atoms with E-state index in [-0.39, 0.29) is 0 Å². The van der Waals surface area contributed by atoms with Gasteiger partial charge in [-0.05, 0) is 49.9 Å². The van der Waals surface area contributed by atoms with Crippen molar-refractivity contribution in [3.8, 4) is 17.3 Å². The average Bonchev–Trinajstić information content (AvgIpc) is 2.75. The minimum Gasteiger partial charge on any atom is -0.243 e. The maximum atomic E-state index is 9.11. The van der Waals surface area contributed by atoms with E-state index in [2.05, 4.69) is 44.8 Å². The zero-order chi connectivity index (χ0) is 12.6. The highest BCUT2D eigenvalue weighted by Crippen LogP contribution is 2.33. The lowest BCUT2D eigenvalue weighted by Crippen LogP contribution is -1.96. The molecule has 86 valence electrons. The van der Waals surface area contributed by atoms with Gasteiger partial charge in [0, 0.05) is 5.56 Å². The van der Waals surface area contributed by atoms with Crippen molar-refractivity contribution in [2.75, 3.05) is 0 Å². The summed E-state index contributed by atoms with van der Waals surface area (Å²) in [6.45, 7) is 8.39. The molecule has 0 atom stereocenters. The first-order valence-electron chi connectivity index (χ1n) is 5.47. The third kappa shape index (κ3) is 1.85. The molecule has 0 aliphatic heterocycles. The molecule has 17 heavy (non-hydrogen) atoms. The Bertz CT molecular complexity index is 592. The minimum atomic E-state index is 0.696. The molecule has 1 aromatic heterocycles. The number of hydrogen-bond donors (Lipinski definition) is 0. The van der Waals surface area contributed by atoms with Crippen molar-refractivity contribution in [3.63, 3.8) is 0 Å². The van der Waals surface area contributed by atoms with E-state index >= 15 is 0 Å². The van der Waals surface area contributed by atoms with Gasteiger partial charge in [0.25, 0.3) is 0 Å². The standard InChI is InChI=1S/C14H14N2S/c1-8-5-9(2)11(4)13(10(8)3)14-12(6-15)17-7-16-14/h5,7H,1-4H3. The summed E-state index contributed by atoms with van der Waals surface area (Å²) in [5.74, 6) is 0. The van der Waals surface area contributed by atoms with Crippen molar-refractivity contribution in [1.29, 1.82) is 5.26 Å². The van der Waals surface area contributed by atoms with Gasteiger partial charge in [-0.3, -0.25) is 0 Å². The third-order valence-electron chi connectivity index (χ3n) is 3.27. The van der Waals surface area contributed by atoms with Crippen molar-refractivity contribution < 1.29 is 0 Å². The normalized spacial score (nSPS) is 10.3. The van der Waals surface area contributed by atoms with Gasteiger partial charge < -0.3 is 0 Å². The lowest BCUT2D eigenvalue weighted by molar-refractivity contribution is 1.22. The topological polar surface area (TPSA) is 36.7 Å². The average molecular weight is 242 g/mol. The lowest BCUT2D eigenvalue weighted by Gasteiger charge is -2.13. The molecular weight excluding hydrogens is 228 g/mol. The molecule has 0 amide bonds. The highest BCUT2D eigenvalue weighted by molar-refractivity contribution is 7.10. The predicted octanol–water partition coefficient (Wildman–Crippen LogP) is 3.92. The summed E-state index contributed by atoms with van der Waals surface area (Å²) in [4.78, 5) is 5.05. The van der Waals surface area contributed by atoms with Gasteiger partial charge in [0.2, 0.25) is 0 Å². The molecule has 3 heteroatoms. The molecule has 0 unspecified atom stereocenters. The molecule has 0 saturated carbocycles. The highest BCUT2D eigenvalue weighted by Gasteiger charge is 2.16. The van der Waals surface area contributed by atoms with Crippen LogP contribution in [-0.2, 0) is 0 Å². The first kappa shape index (κ1) is 11.8. The predicted molar refractivity (Wildman–Crippen MR) is 71.2 cm³/mol. The Morgan fingerprint density at radius 1 is 1.12 bits per heavy atom. The fourth-order valence-electron chi connectivity index (χ4n) is 2.08. The van der Waals surface area contributed by atoms with E-state index in [0.29, 0.717) is 4.88 Å². The summed E-state index contributed by atoms with van der Waals surface area (Å²) in [5.41, 5.74) is 8.63. The molecule has 2 rings (SSSR count). The smallest absolute Gasteiger partial charge is 0.132 e. The quantitative estimate of drug-likeness (QED) is 0.760. The van der Waals surface area contributed by atoms with E-state index in [1.807, 2.05) is 0 Å². The molecule has 0 spiro atoms. The monoisotopic (exact) mass is 242 g/mol. The van der Waals surface area contributed by atoms with Crippen LogP contribution in [0.15, 0.2) is 11.6 Å². The van der Waals surface area contributed by atoms with Crippen LogP contribution in [0.5, 0.6) is 0 Å². The van der Waals surface area contributed by atoms with Crippen LogP contribution in [0.25, 0.3) is 11.3 Å². The molecule has 1 aromatic carbocycles. The van der Waals surface area contributed by atoms with Gasteiger partial charge in [-0.2, -0.15) is 5.26 Å². The molecule has 0 aliphatic rings. The Morgan fingerprint density at radius 2 is 1.71 bits per heavy atom. The first-order valence-corrected chi connectivity index (χ1v) is 6.35. The molecular formula is C14H14N2S. The van der Waals surface area contributed by atoms with Crippen LogP contribution in [0.4, 0.5) is 0 Å². The fraction of sp³-hybridized carbons (Fsp3) is 0.286. The number of aryl methyl sites for hydroxylation is 2. The van der Waals surface area contributed by atoms with E-state index in [1.54, 1.807) is 5.51 Å². The van der Waals surface area contributed by atoms with Crippen LogP contribution < -0.4 is 0 Å². The summed E-state index contributed by atoms with van der Waals surface area (Å²) in [6.07, 6.45) is 0. The van der Waals surface area contributed by atoms with Crippen LogP contribution in [0, 0.1) is 39.0 Å². The summed E-state index contributed by atoms with van der Waals surface area (Å²) < 4.78 is 0. The number of benzene rings is 1. The van der Waals surface area contributed by atoms with Gasteiger partial charge in [0.1, 0.15) is 10.9 Å². The summed E-state index contributed by atoms with van der Waals surface area (Å²) in [7, 11) is 0. The number of nitrogens with zero attached hydrogens (tertiary/aromatic N) is 2. The van der Waals surface area contributed by atoms with E-state index in [1.165, 1.54) is 33.6 Å². The third-order valence-corrected chi connectivity index (χ3v) is 4.00. The van der Waals surface area contributed by atoms with E-state index < -0.39 is 0 Å². The van der Waals surface area contributed by atoms with Gasteiger partial charge in [0.05, 0.1) is 11.2 Å². The molecule has 0 fully saturated rings. The van der Waals surface area contributed by atoms with Crippen molar-refractivity contribution in [3.05, 3.63) is 38.7 Å². The van der Waals surface area contributed by atoms with Crippen molar-refractivity contribution in [2.45, 2.75) is 27.7 Å². The number of aromatic nitrogens is 1. The second-order valence-electron chi connectivity index (χ2n) is 4.28. The Morgan fingerprint density at radius 3 is 2.24 bits per heavy atom. The van der Waals surface area contributed by atoms with Gasteiger partial charge in [-0.1, -0.05) is 6.07 Å². The summed E-state index contributed by atoms with van der Waals surface area (Å²) in [5, 5.41) is 9.11. The number of hydrogen-bond acceptors (Lipinski definition) is 3. The maximum Gasteiger partial charge on any atom is 0.132 e. The van der Waals surface area contributed by atoms with Gasteiger partial charge in [-0.15, -0.1) is 11.3 Å². The summed E-state index contributed by atoms with van der Waals surface area (Å²) in [6, 6.07) is 4.41. The lowest BCUT2D eigenvalue weighted by atomic mass is 9.92. The molecule has 0 radical (unpaired) electrons.